The largest absolute Gasteiger partial charge is 0.494 e. The third-order valence-electron chi connectivity index (χ3n) is 3.60. The minimum absolute atomic E-state index is 0.123. The van der Waals surface area contributed by atoms with Crippen molar-refractivity contribution in [3.8, 4) is 5.75 Å². The van der Waals surface area contributed by atoms with Crippen molar-refractivity contribution in [3.63, 3.8) is 0 Å². The van der Waals surface area contributed by atoms with Crippen molar-refractivity contribution < 1.29 is 9.53 Å². The Hall–Kier alpha value is -1.55. The van der Waals surface area contributed by atoms with E-state index < -0.39 is 0 Å². The van der Waals surface area contributed by atoms with Gasteiger partial charge in [0.15, 0.2) is 0 Å². The van der Waals surface area contributed by atoms with E-state index in [9.17, 15) is 4.79 Å². The molecule has 1 saturated heterocycles. The first-order valence-corrected chi connectivity index (χ1v) is 6.94. The zero-order valence-corrected chi connectivity index (χ0v) is 11.7. The maximum atomic E-state index is 12.3. The molecule has 0 aromatic heterocycles. The van der Waals surface area contributed by atoms with Crippen molar-refractivity contribution in [1.29, 1.82) is 0 Å². The fourth-order valence-corrected chi connectivity index (χ4v) is 2.41. The second-order valence-corrected chi connectivity index (χ2v) is 4.81. The lowest BCUT2D eigenvalue weighted by molar-refractivity contribution is 0.0707. The van der Waals surface area contributed by atoms with Gasteiger partial charge in [0.05, 0.1) is 6.61 Å². The molecule has 104 valence electrons. The smallest absolute Gasteiger partial charge is 0.253 e. The van der Waals surface area contributed by atoms with Gasteiger partial charge in [0.1, 0.15) is 5.75 Å². The highest BCUT2D eigenvalue weighted by Crippen LogP contribution is 2.16. The Balaban J connectivity index is 1.96. The van der Waals surface area contributed by atoms with Crippen LogP contribution < -0.4 is 10.1 Å². The summed E-state index contributed by atoms with van der Waals surface area (Å²) in [6, 6.07) is 7.95. The zero-order chi connectivity index (χ0) is 13.7. The maximum Gasteiger partial charge on any atom is 0.253 e. The molecule has 1 amide bonds. The Morgan fingerprint density at radius 3 is 2.47 bits per heavy atom. The van der Waals surface area contributed by atoms with Crippen LogP contribution in [-0.4, -0.2) is 43.6 Å². The van der Waals surface area contributed by atoms with E-state index in [1.807, 2.05) is 43.1 Å². The maximum absolute atomic E-state index is 12.3. The molecule has 4 nitrogen and oxygen atoms in total. The Bertz CT molecular complexity index is 409. The highest BCUT2D eigenvalue weighted by atomic mass is 16.5. The number of amides is 1. The topological polar surface area (TPSA) is 41.6 Å². The number of piperidine rings is 1. The van der Waals surface area contributed by atoms with Gasteiger partial charge in [-0.15, -0.1) is 0 Å². The van der Waals surface area contributed by atoms with Crippen molar-refractivity contribution in [2.45, 2.75) is 25.8 Å². The lowest BCUT2D eigenvalue weighted by Crippen LogP contribution is -2.43. The summed E-state index contributed by atoms with van der Waals surface area (Å²) in [5.41, 5.74) is 0.742. The molecule has 2 rings (SSSR count). The van der Waals surface area contributed by atoms with Gasteiger partial charge in [-0.25, -0.2) is 0 Å². The number of nitrogens with zero attached hydrogens (tertiary/aromatic N) is 1. The van der Waals surface area contributed by atoms with Crippen LogP contribution in [0.25, 0.3) is 0 Å². The van der Waals surface area contributed by atoms with Gasteiger partial charge in [-0.2, -0.15) is 0 Å². The molecule has 1 aromatic carbocycles. The summed E-state index contributed by atoms with van der Waals surface area (Å²) in [6.45, 7) is 4.25. The number of likely N-dealkylation sites (tertiary alicyclic amines) is 1. The van der Waals surface area contributed by atoms with Gasteiger partial charge in [-0.3, -0.25) is 4.79 Å². The summed E-state index contributed by atoms with van der Waals surface area (Å²) in [4.78, 5) is 14.3. The number of hydrogen-bond donors (Lipinski definition) is 1. The Labute approximate surface area is 114 Å². The van der Waals surface area contributed by atoms with Crippen LogP contribution in [0.4, 0.5) is 0 Å². The molecule has 1 heterocycles. The van der Waals surface area contributed by atoms with Crippen molar-refractivity contribution in [1.82, 2.24) is 10.2 Å². The normalized spacial score (nSPS) is 16.4. The first-order chi connectivity index (χ1) is 9.24. The summed E-state index contributed by atoms with van der Waals surface area (Å²) in [7, 11) is 1.98. The predicted octanol–water partition coefficient (Wildman–Crippen LogP) is 1.91. The average Bonchev–Trinajstić information content (AvgIpc) is 2.48. The third kappa shape index (κ3) is 3.47. The predicted molar refractivity (Wildman–Crippen MR) is 75.6 cm³/mol. The molecule has 1 aliphatic rings. The number of carbonyl (C=O) groups is 1. The van der Waals surface area contributed by atoms with E-state index >= 15 is 0 Å². The van der Waals surface area contributed by atoms with Crippen molar-refractivity contribution in [2.75, 3.05) is 26.7 Å². The highest BCUT2D eigenvalue weighted by molar-refractivity contribution is 5.94. The molecule has 0 radical (unpaired) electrons. The van der Waals surface area contributed by atoms with E-state index in [0.717, 1.165) is 37.2 Å². The van der Waals surface area contributed by atoms with Gasteiger partial charge in [0, 0.05) is 24.7 Å². The molecular formula is C15H22N2O2. The number of nitrogens with one attached hydrogen (secondary N) is 1. The van der Waals surface area contributed by atoms with Crippen LogP contribution >= 0.6 is 0 Å². The number of carbonyl (C=O) groups excluding carboxylic acids is 1. The minimum Gasteiger partial charge on any atom is -0.494 e. The Morgan fingerprint density at radius 1 is 1.32 bits per heavy atom. The van der Waals surface area contributed by atoms with E-state index in [1.165, 1.54) is 0 Å². The van der Waals surface area contributed by atoms with E-state index in [1.54, 1.807) is 0 Å². The minimum atomic E-state index is 0.123. The van der Waals surface area contributed by atoms with Crippen LogP contribution in [0.2, 0.25) is 0 Å². The first-order valence-electron chi connectivity index (χ1n) is 6.94. The summed E-state index contributed by atoms with van der Waals surface area (Å²) in [6.07, 6.45) is 2.05. The highest BCUT2D eigenvalue weighted by Gasteiger charge is 2.22. The standard InChI is InChI=1S/C15H22N2O2/c1-3-19-14-6-4-12(5-7-14)15(18)17-10-8-13(16-2)9-11-17/h4-7,13,16H,3,8-11H2,1-2H3. The molecular weight excluding hydrogens is 240 g/mol. The van der Waals surface area contributed by atoms with Crippen LogP contribution in [0.5, 0.6) is 5.75 Å². The first kappa shape index (κ1) is 13.9. The number of ether oxygens (including phenoxy) is 1. The average molecular weight is 262 g/mol. The van der Waals surface area contributed by atoms with Crippen molar-refractivity contribution >= 4 is 5.91 Å². The Kier molecular flexibility index (Phi) is 4.80. The molecule has 4 heteroatoms. The van der Waals surface area contributed by atoms with Crippen molar-refractivity contribution in [2.24, 2.45) is 0 Å². The number of benzene rings is 1. The summed E-state index contributed by atoms with van der Waals surface area (Å²) >= 11 is 0. The molecule has 0 unspecified atom stereocenters. The lowest BCUT2D eigenvalue weighted by atomic mass is 10.0. The van der Waals surface area contributed by atoms with E-state index in [-0.39, 0.29) is 5.91 Å². The lowest BCUT2D eigenvalue weighted by Gasteiger charge is -2.31. The zero-order valence-electron chi connectivity index (χ0n) is 11.7. The molecule has 1 aromatic rings. The fraction of sp³-hybridized carbons (Fsp3) is 0.533. The second kappa shape index (κ2) is 6.57. The molecule has 1 aliphatic heterocycles. The number of hydrogen-bond acceptors (Lipinski definition) is 3. The summed E-state index contributed by atoms with van der Waals surface area (Å²) in [5.74, 6) is 0.936. The second-order valence-electron chi connectivity index (χ2n) is 4.81. The molecule has 0 saturated carbocycles. The monoisotopic (exact) mass is 262 g/mol. The fourth-order valence-electron chi connectivity index (χ4n) is 2.41. The molecule has 0 aliphatic carbocycles. The quantitative estimate of drug-likeness (QED) is 0.901. The summed E-state index contributed by atoms with van der Waals surface area (Å²) < 4.78 is 5.38. The van der Waals surface area contributed by atoms with Gasteiger partial charge in [-0.1, -0.05) is 0 Å². The molecule has 0 atom stereocenters. The van der Waals surface area contributed by atoms with Gasteiger partial charge in [-0.05, 0) is 51.1 Å². The van der Waals surface area contributed by atoms with Crippen LogP contribution in [0.1, 0.15) is 30.1 Å². The molecule has 0 spiro atoms. The SMILES string of the molecule is CCOc1ccc(C(=O)N2CCC(NC)CC2)cc1. The molecule has 1 fully saturated rings. The van der Waals surface area contributed by atoms with Gasteiger partial charge < -0.3 is 15.0 Å². The third-order valence-corrected chi connectivity index (χ3v) is 3.60. The summed E-state index contributed by atoms with van der Waals surface area (Å²) in [5, 5.41) is 3.27. The van der Waals surface area contributed by atoms with Crippen LogP contribution in [0.15, 0.2) is 24.3 Å². The Morgan fingerprint density at radius 2 is 1.95 bits per heavy atom. The number of rotatable bonds is 4. The van der Waals surface area contributed by atoms with Crippen LogP contribution in [-0.2, 0) is 0 Å². The van der Waals surface area contributed by atoms with E-state index in [2.05, 4.69) is 5.32 Å². The molecule has 1 N–H and O–H groups in total. The van der Waals surface area contributed by atoms with Gasteiger partial charge in [0.2, 0.25) is 0 Å². The van der Waals surface area contributed by atoms with E-state index in [4.69, 9.17) is 4.74 Å². The van der Waals surface area contributed by atoms with Gasteiger partial charge >= 0.3 is 0 Å². The van der Waals surface area contributed by atoms with E-state index in [0.29, 0.717) is 12.6 Å². The molecule has 0 bridgehead atoms. The van der Waals surface area contributed by atoms with Crippen LogP contribution in [0.3, 0.4) is 0 Å². The van der Waals surface area contributed by atoms with Gasteiger partial charge in [0.25, 0.3) is 5.91 Å². The van der Waals surface area contributed by atoms with Crippen LogP contribution in [0, 0.1) is 0 Å². The van der Waals surface area contributed by atoms with Crippen molar-refractivity contribution in [3.05, 3.63) is 29.8 Å². The molecule has 19 heavy (non-hydrogen) atoms.